The Hall–Kier alpha value is -1.63. The van der Waals surface area contributed by atoms with Crippen LogP contribution in [0.4, 0.5) is 0 Å². The van der Waals surface area contributed by atoms with Crippen LogP contribution in [0, 0.1) is 11.3 Å². The summed E-state index contributed by atoms with van der Waals surface area (Å²) < 4.78 is 5.23. The average Bonchev–Trinajstić information content (AvgIpc) is 2.50. The Bertz CT molecular complexity index is 533. The summed E-state index contributed by atoms with van der Waals surface area (Å²) in [6.07, 6.45) is 5.61. The molecule has 1 aliphatic rings. The monoisotopic (exact) mass is 371 g/mol. The number of ether oxygens (including phenoxy) is 1. The molecule has 26 heavy (non-hydrogen) atoms. The predicted molar refractivity (Wildman–Crippen MR) is 96.6 cm³/mol. The fourth-order valence-corrected chi connectivity index (χ4v) is 3.75. The van der Waals surface area contributed by atoms with Gasteiger partial charge in [-0.15, -0.1) is 0 Å². The molecule has 0 aromatic carbocycles. The first-order valence-electron chi connectivity index (χ1n) is 9.30. The van der Waals surface area contributed by atoms with Gasteiger partial charge >= 0.3 is 17.9 Å². The molecule has 2 atom stereocenters. The van der Waals surface area contributed by atoms with Crippen LogP contribution in [-0.4, -0.2) is 39.3 Å². The molecular weight excluding hydrogens is 338 g/mol. The molecule has 2 unspecified atom stereocenters. The standard InChI is InChI=1S/C19H33NO6/c1-13(19(20,15(23)24)16(25)26-17(2,3)4)8-11-18(12-14(21)22)9-6-5-7-10-18/h13H,5-12,20H2,1-4H3,(H,21,22)(H,23,24). The van der Waals surface area contributed by atoms with E-state index in [9.17, 15) is 24.6 Å². The summed E-state index contributed by atoms with van der Waals surface area (Å²) in [5, 5.41) is 18.9. The molecule has 1 rings (SSSR count). The van der Waals surface area contributed by atoms with Crippen LogP contribution in [0.15, 0.2) is 0 Å². The van der Waals surface area contributed by atoms with E-state index in [4.69, 9.17) is 10.5 Å². The number of carboxylic acids is 2. The second-order valence-electron chi connectivity index (χ2n) is 8.75. The Labute approximate surface area is 155 Å². The Morgan fingerprint density at radius 2 is 1.65 bits per heavy atom. The van der Waals surface area contributed by atoms with Crippen molar-refractivity contribution in [1.29, 1.82) is 0 Å². The lowest BCUT2D eigenvalue weighted by molar-refractivity contribution is -0.172. The van der Waals surface area contributed by atoms with E-state index >= 15 is 0 Å². The number of carbonyl (C=O) groups is 3. The molecule has 0 radical (unpaired) electrons. The molecular formula is C19H33NO6. The maximum atomic E-state index is 12.5. The summed E-state index contributed by atoms with van der Waals surface area (Å²) in [4.78, 5) is 35.5. The highest BCUT2D eigenvalue weighted by molar-refractivity contribution is 6.04. The summed E-state index contributed by atoms with van der Waals surface area (Å²) in [5.41, 5.74) is 2.67. The number of esters is 1. The third-order valence-electron chi connectivity index (χ3n) is 5.42. The van der Waals surface area contributed by atoms with Crippen LogP contribution >= 0.6 is 0 Å². The van der Waals surface area contributed by atoms with Crippen molar-refractivity contribution in [2.45, 2.75) is 90.2 Å². The summed E-state index contributed by atoms with van der Waals surface area (Å²) in [6, 6.07) is 0. The molecule has 1 saturated carbocycles. The molecule has 1 aliphatic carbocycles. The molecule has 0 aromatic heterocycles. The van der Waals surface area contributed by atoms with Crippen LogP contribution < -0.4 is 5.73 Å². The van der Waals surface area contributed by atoms with Crippen molar-refractivity contribution in [2.75, 3.05) is 0 Å². The highest BCUT2D eigenvalue weighted by atomic mass is 16.6. The number of carboxylic acid groups (broad SMARTS) is 2. The van der Waals surface area contributed by atoms with Gasteiger partial charge in [0.15, 0.2) is 0 Å². The van der Waals surface area contributed by atoms with E-state index in [1.165, 1.54) is 0 Å². The summed E-state index contributed by atoms with van der Waals surface area (Å²) >= 11 is 0. The number of hydrogen-bond donors (Lipinski definition) is 3. The molecule has 0 bridgehead atoms. The van der Waals surface area contributed by atoms with Crippen LogP contribution in [0.1, 0.15) is 79.1 Å². The third kappa shape index (κ3) is 5.69. The number of nitrogens with two attached hydrogens (primary N) is 1. The predicted octanol–water partition coefficient (Wildman–Crippen LogP) is 2.95. The van der Waals surface area contributed by atoms with Gasteiger partial charge in [-0.1, -0.05) is 26.2 Å². The molecule has 0 aliphatic heterocycles. The SMILES string of the molecule is CC(CCC1(CC(=O)O)CCCCC1)C(N)(C(=O)O)C(=O)OC(C)(C)C. The third-order valence-corrected chi connectivity index (χ3v) is 5.42. The fraction of sp³-hybridized carbons (Fsp3) is 0.842. The fourth-order valence-electron chi connectivity index (χ4n) is 3.75. The van der Waals surface area contributed by atoms with Crippen molar-refractivity contribution < 1.29 is 29.3 Å². The zero-order valence-corrected chi connectivity index (χ0v) is 16.3. The molecule has 0 aromatic rings. The lowest BCUT2D eigenvalue weighted by Gasteiger charge is -2.39. The van der Waals surface area contributed by atoms with Crippen LogP contribution in [-0.2, 0) is 19.1 Å². The van der Waals surface area contributed by atoms with Gasteiger partial charge in [0.1, 0.15) is 5.60 Å². The summed E-state index contributed by atoms with van der Waals surface area (Å²) in [7, 11) is 0. The molecule has 150 valence electrons. The van der Waals surface area contributed by atoms with Crippen molar-refractivity contribution in [1.82, 2.24) is 0 Å². The second kappa shape index (κ2) is 8.37. The minimum atomic E-state index is -2.15. The van der Waals surface area contributed by atoms with Gasteiger partial charge in [-0.25, -0.2) is 9.59 Å². The normalized spacial score (nSPS) is 20.7. The largest absolute Gasteiger partial charge is 0.481 e. The smallest absolute Gasteiger partial charge is 0.338 e. The highest BCUT2D eigenvalue weighted by Crippen LogP contribution is 2.44. The number of carbonyl (C=O) groups excluding carboxylic acids is 1. The van der Waals surface area contributed by atoms with E-state index in [1.807, 2.05) is 0 Å². The summed E-state index contributed by atoms with van der Waals surface area (Å²) in [5.74, 6) is -3.90. The first-order valence-corrected chi connectivity index (χ1v) is 9.30. The van der Waals surface area contributed by atoms with E-state index in [2.05, 4.69) is 0 Å². The minimum Gasteiger partial charge on any atom is -0.481 e. The Morgan fingerprint density at radius 3 is 2.08 bits per heavy atom. The quantitative estimate of drug-likeness (QED) is 0.442. The van der Waals surface area contributed by atoms with Crippen LogP contribution in [0.2, 0.25) is 0 Å². The molecule has 1 fully saturated rings. The van der Waals surface area contributed by atoms with Gasteiger partial charge in [-0.3, -0.25) is 4.79 Å². The molecule has 7 nitrogen and oxygen atoms in total. The molecule has 0 saturated heterocycles. The van der Waals surface area contributed by atoms with Crippen molar-refractivity contribution >= 4 is 17.9 Å². The molecule has 4 N–H and O–H groups in total. The first-order chi connectivity index (χ1) is 11.8. The van der Waals surface area contributed by atoms with Crippen LogP contribution in [0.3, 0.4) is 0 Å². The van der Waals surface area contributed by atoms with Gasteiger partial charge in [0.2, 0.25) is 5.54 Å². The van der Waals surface area contributed by atoms with Gasteiger partial charge in [-0.2, -0.15) is 0 Å². The summed E-state index contributed by atoms with van der Waals surface area (Å²) in [6.45, 7) is 6.58. The molecule has 0 spiro atoms. The van der Waals surface area contributed by atoms with Gasteiger partial charge in [0.25, 0.3) is 0 Å². The number of aliphatic carboxylic acids is 2. The van der Waals surface area contributed by atoms with Gasteiger partial charge in [-0.05, 0) is 57.8 Å². The van der Waals surface area contributed by atoms with Crippen molar-refractivity contribution in [3.8, 4) is 0 Å². The Balaban J connectivity index is 2.92. The molecule has 0 amide bonds. The average molecular weight is 371 g/mol. The topological polar surface area (TPSA) is 127 Å². The molecule has 0 heterocycles. The van der Waals surface area contributed by atoms with E-state index in [0.29, 0.717) is 12.8 Å². The van der Waals surface area contributed by atoms with Gasteiger partial charge in [0.05, 0.1) is 6.42 Å². The Morgan fingerprint density at radius 1 is 1.12 bits per heavy atom. The van der Waals surface area contributed by atoms with E-state index in [-0.39, 0.29) is 11.8 Å². The van der Waals surface area contributed by atoms with Crippen LogP contribution in [0.5, 0.6) is 0 Å². The van der Waals surface area contributed by atoms with Crippen molar-refractivity contribution in [2.24, 2.45) is 17.1 Å². The van der Waals surface area contributed by atoms with Gasteiger partial charge in [0, 0.05) is 0 Å². The second-order valence-corrected chi connectivity index (χ2v) is 8.75. The molecule has 7 heteroatoms. The Kier molecular flexibility index (Phi) is 7.22. The zero-order chi connectivity index (χ0) is 20.2. The van der Waals surface area contributed by atoms with Gasteiger partial charge < -0.3 is 20.7 Å². The highest BCUT2D eigenvalue weighted by Gasteiger charge is 2.50. The number of rotatable bonds is 8. The first kappa shape index (κ1) is 22.4. The lowest BCUT2D eigenvalue weighted by Crippen LogP contribution is -2.61. The zero-order valence-electron chi connectivity index (χ0n) is 16.3. The lowest BCUT2D eigenvalue weighted by atomic mass is 9.67. The maximum Gasteiger partial charge on any atom is 0.338 e. The van der Waals surface area contributed by atoms with Crippen molar-refractivity contribution in [3.63, 3.8) is 0 Å². The minimum absolute atomic E-state index is 0.0663. The van der Waals surface area contributed by atoms with Crippen LogP contribution in [0.25, 0.3) is 0 Å². The van der Waals surface area contributed by atoms with E-state index < -0.39 is 35.0 Å². The van der Waals surface area contributed by atoms with E-state index in [0.717, 1.165) is 32.1 Å². The van der Waals surface area contributed by atoms with E-state index in [1.54, 1.807) is 27.7 Å². The van der Waals surface area contributed by atoms with Crippen molar-refractivity contribution in [3.05, 3.63) is 0 Å². The number of hydrogen-bond acceptors (Lipinski definition) is 5. The maximum absolute atomic E-state index is 12.5.